The Kier molecular flexibility index (Phi) is 3.60. The van der Waals surface area contributed by atoms with Crippen LogP contribution in [-0.4, -0.2) is 15.0 Å². The van der Waals surface area contributed by atoms with Crippen LogP contribution in [0.4, 0.5) is 26.3 Å². The largest absolute Gasteiger partial charge is 0.433 e. The van der Waals surface area contributed by atoms with Gasteiger partial charge in [0.05, 0.1) is 0 Å². The van der Waals surface area contributed by atoms with E-state index < -0.39 is 29.6 Å². The molecule has 2 aromatic rings. The van der Waals surface area contributed by atoms with Gasteiger partial charge in [0.15, 0.2) is 5.82 Å². The van der Waals surface area contributed by atoms with E-state index in [4.69, 9.17) is 0 Å². The van der Waals surface area contributed by atoms with Crippen molar-refractivity contribution in [3.8, 4) is 11.4 Å². The van der Waals surface area contributed by atoms with Crippen LogP contribution in [0.25, 0.3) is 11.4 Å². The van der Waals surface area contributed by atoms with E-state index in [0.717, 1.165) is 6.20 Å². The number of aryl methyl sites for hydroxylation is 1. The van der Waals surface area contributed by atoms with Gasteiger partial charge < -0.3 is 0 Å². The first-order valence-electron chi connectivity index (χ1n) is 5.54. The molecule has 21 heavy (non-hydrogen) atoms. The lowest BCUT2D eigenvalue weighted by atomic mass is 10.1. The highest BCUT2D eigenvalue weighted by Crippen LogP contribution is 2.32. The Bertz CT molecular complexity index is 663. The summed E-state index contributed by atoms with van der Waals surface area (Å²) in [5.74, 6) is -0.444. The summed E-state index contributed by atoms with van der Waals surface area (Å²) < 4.78 is 75.6. The maximum absolute atomic E-state index is 12.6. The average molecular weight is 307 g/mol. The summed E-state index contributed by atoms with van der Waals surface area (Å²) in [5.41, 5.74) is -2.62. The highest BCUT2D eigenvalue weighted by Gasteiger charge is 2.34. The molecule has 2 aromatic heterocycles. The first-order valence-corrected chi connectivity index (χ1v) is 5.54. The van der Waals surface area contributed by atoms with Gasteiger partial charge in [-0.25, -0.2) is 15.0 Å². The zero-order valence-electron chi connectivity index (χ0n) is 10.4. The number of alkyl halides is 6. The Morgan fingerprint density at radius 3 is 2.05 bits per heavy atom. The second kappa shape index (κ2) is 4.97. The Balaban J connectivity index is 2.55. The lowest BCUT2D eigenvalue weighted by Gasteiger charge is -2.10. The third-order valence-electron chi connectivity index (χ3n) is 2.45. The second-order valence-electron chi connectivity index (χ2n) is 4.14. The number of hydrogen-bond acceptors (Lipinski definition) is 3. The monoisotopic (exact) mass is 307 g/mol. The van der Waals surface area contributed by atoms with Crippen molar-refractivity contribution in [2.75, 3.05) is 0 Å². The van der Waals surface area contributed by atoms with Gasteiger partial charge in [0.1, 0.15) is 11.4 Å². The Hall–Kier alpha value is -2.19. The molecule has 3 nitrogen and oxygen atoms in total. The minimum absolute atomic E-state index is 0.000775. The van der Waals surface area contributed by atoms with Gasteiger partial charge in [-0.15, -0.1) is 0 Å². The molecule has 0 N–H and O–H groups in total. The number of aromatic nitrogens is 3. The topological polar surface area (TPSA) is 38.7 Å². The first kappa shape index (κ1) is 15.2. The molecular formula is C12H7F6N3. The van der Waals surface area contributed by atoms with Crippen molar-refractivity contribution in [3.63, 3.8) is 0 Å². The first-order chi connectivity index (χ1) is 9.57. The molecule has 0 saturated heterocycles. The Morgan fingerprint density at radius 2 is 1.48 bits per heavy atom. The third-order valence-corrected chi connectivity index (χ3v) is 2.45. The lowest BCUT2D eigenvalue weighted by molar-refractivity contribution is -0.142. The van der Waals surface area contributed by atoms with Crippen molar-refractivity contribution >= 4 is 0 Å². The summed E-state index contributed by atoms with van der Waals surface area (Å²) in [6.07, 6.45) is -8.57. The number of rotatable bonds is 1. The summed E-state index contributed by atoms with van der Waals surface area (Å²) >= 11 is 0. The van der Waals surface area contributed by atoms with Gasteiger partial charge in [0.25, 0.3) is 0 Å². The zero-order chi connectivity index (χ0) is 15.8. The zero-order valence-corrected chi connectivity index (χ0v) is 10.4. The number of pyridine rings is 1. The lowest BCUT2D eigenvalue weighted by Crippen LogP contribution is -2.11. The number of hydrogen-bond donors (Lipinski definition) is 0. The summed E-state index contributed by atoms with van der Waals surface area (Å²) in [6.45, 7) is 1.30. The van der Waals surface area contributed by atoms with Gasteiger partial charge in [-0.3, -0.25) is 0 Å². The molecule has 0 spiro atoms. The fourth-order valence-corrected chi connectivity index (χ4v) is 1.60. The summed E-state index contributed by atoms with van der Waals surface area (Å²) in [6, 6.07) is 2.44. The smallest absolute Gasteiger partial charge is 0.249 e. The molecule has 0 saturated carbocycles. The van der Waals surface area contributed by atoms with Crippen LogP contribution in [0.3, 0.4) is 0 Å². The molecule has 0 radical (unpaired) electrons. The maximum Gasteiger partial charge on any atom is 0.433 e. The molecule has 0 aliphatic rings. The van der Waals surface area contributed by atoms with Crippen LogP contribution in [0.5, 0.6) is 0 Å². The van der Waals surface area contributed by atoms with Crippen molar-refractivity contribution in [2.24, 2.45) is 0 Å². The number of nitrogens with zero attached hydrogens (tertiary/aromatic N) is 3. The fraction of sp³-hybridized carbons (Fsp3) is 0.250. The van der Waals surface area contributed by atoms with E-state index in [9.17, 15) is 26.3 Å². The Labute approximate surface area is 114 Å². The van der Waals surface area contributed by atoms with Gasteiger partial charge in [-0.2, -0.15) is 26.3 Å². The van der Waals surface area contributed by atoms with Crippen LogP contribution in [0.1, 0.15) is 17.1 Å². The molecule has 0 amide bonds. The molecule has 2 heterocycles. The minimum Gasteiger partial charge on any atom is -0.249 e. The SMILES string of the molecule is Cc1cc(-c2nccc(C(F)(F)F)n2)cc(C(F)(F)F)n1. The highest BCUT2D eigenvalue weighted by molar-refractivity contribution is 5.56. The van der Waals surface area contributed by atoms with E-state index >= 15 is 0 Å². The highest BCUT2D eigenvalue weighted by atomic mass is 19.4. The molecule has 0 bridgehead atoms. The molecule has 9 heteroatoms. The van der Waals surface area contributed by atoms with Crippen molar-refractivity contribution in [2.45, 2.75) is 19.3 Å². The van der Waals surface area contributed by atoms with E-state index in [1.165, 1.54) is 13.0 Å². The maximum atomic E-state index is 12.6. The van der Waals surface area contributed by atoms with Crippen LogP contribution in [0.15, 0.2) is 24.4 Å². The average Bonchev–Trinajstić information content (AvgIpc) is 2.36. The third kappa shape index (κ3) is 3.47. The van der Waals surface area contributed by atoms with Crippen LogP contribution in [-0.2, 0) is 12.4 Å². The molecule has 2 rings (SSSR count). The minimum atomic E-state index is -4.71. The predicted molar refractivity (Wildman–Crippen MR) is 60.0 cm³/mol. The van der Waals surface area contributed by atoms with Crippen molar-refractivity contribution in [3.05, 3.63) is 41.5 Å². The van der Waals surface area contributed by atoms with E-state index in [2.05, 4.69) is 15.0 Å². The molecule has 0 aliphatic heterocycles. The van der Waals surface area contributed by atoms with Gasteiger partial charge in [0.2, 0.25) is 0 Å². The van der Waals surface area contributed by atoms with Crippen molar-refractivity contribution < 1.29 is 26.3 Å². The summed E-state index contributed by atoms with van der Waals surface area (Å²) in [5, 5.41) is 0. The molecule has 0 aromatic carbocycles. The Morgan fingerprint density at radius 1 is 0.857 bits per heavy atom. The molecular weight excluding hydrogens is 300 g/mol. The second-order valence-corrected chi connectivity index (χ2v) is 4.14. The quantitative estimate of drug-likeness (QED) is 0.750. The van der Waals surface area contributed by atoms with Gasteiger partial charge >= 0.3 is 12.4 Å². The molecule has 0 fully saturated rings. The molecule has 0 atom stereocenters. The van der Waals surface area contributed by atoms with Gasteiger partial charge in [-0.1, -0.05) is 0 Å². The summed E-state index contributed by atoms with van der Waals surface area (Å²) in [4.78, 5) is 10.1. The van der Waals surface area contributed by atoms with Crippen LogP contribution in [0, 0.1) is 6.92 Å². The molecule has 0 unspecified atom stereocenters. The van der Waals surface area contributed by atoms with E-state index in [0.29, 0.717) is 12.1 Å². The summed E-state index contributed by atoms with van der Waals surface area (Å²) in [7, 11) is 0. The number of halogens is 6. The van der Waals surface area contributed by atoms with Crippen LogP contribution < -0.4 is 0 Å². The van der Waals surface area contributed by atoms with Gasteiger partial charge in [-0.05, 0) is 25.1 Å². The van der Waals surface area contributed by atoms with Crippen LogP contribution in [0.2, 0.25) is 0 Å². The van der Waals surface area contributed by atoms with E-state index in [-0.39, 0.29) is 11.3 Å². The molecule has 0 aliphatic carbocycles. The normalized spacial score (nSPS) is 12.5. The van der Waals surface area contributed by atoms with E-state index in [1.54, 1.807) is 0 Å². The molecule has 112 valence electrons. The van der Waals surface area contributed by atoms with Crippen molar-refractivity contribution in [1.82, 2.24) is 15.0 Å². The van der Waals surface area contributed by atoms with E-state index in [1.807, 2.05) is 0 Å². The van der Waals surface area contributed by atoms with Crippen molar-refractivity contribution in [1.29, 1.82) is 0 Å². The van der Waals surface area contributed by atoms with Gasteiger partial charge in [0, 0.05) is 17.5 Å². The van der Waals surface area contributed by atoms with Crippen LogP contribution >= 0.6 is 0 Å². The predicted octanol–water partition coefficient (Wildman–Crippen LogP) is 3.88. The fourth-order valence-electron chi connectivity index (χ4n) is 1.60. The standard InChI is InChI=1S/C12H7F6N3/c1-6-4-7(5-9(20-6)12(16,17)18)10-19-3-2-8(21-10)11(13,14)15/h2-5H,1H3.